The van der Waals surface area contributed by atoms with Crippen molar-refractivity contribution in [1.29, 1.82) is 0 Å². The van der Waals surface area contributed by atoms with E-state index in [2.05, 4.69) is 29.0 Å². The molecule has 2 heterocycles. The van der Waals surface area contributed by atoms with Gasteiger partial charge >= 0.3 is 0 Å². The van der Waals surface area contributed by atoms with Gasteiger partial charge in [-0.3, -0.25) is 9.36 Å². The average Bonchev–Trinajstić information content (AvgIpc) is 3.33. The molecule has 1 aromatic carbocycles. The van der Waals surface area contributed by atoms with Gasteiger partial charge in [-0.2, -0.15) is 0 Å². The summed E-state index contributed by atoms with van der Waals surface area (Å²) >= 11 is 3.01. The molecule has 0 spiro atoms. The van der Waals surface area contributed by atoms with Crippen LogP contribution in [0.2, 0.25) is 0 Å². The summed E-state index contributed by atoms with van der Waals surface area (Å²) in [6.07, 6.45) is 2.79. The maximum atomic E-state index is 12.6. The van der Waals surface area contributed by atoms with Crippen molar-refractivity contribution >= 4 is 34.7 Å². The lowest BCUT2D eigenvalue weighted by molar-refractivity contribution is -0.115. The highest BCUT2D eigenvalue weighted by Crippen LogP contribution is 2.29. The Morgan fingerprint density at radius 2 is 2.11 bits per heavy atom. The van der Waals surface area contributed by atoms with Gasteiger partial charge in [-0.15, -0.1) is 28.1 Å². The fourth-order valence-corrected chi connectivity index (χ4v) is 4.11. The van der Waals surface area contributed by atoms with E-state index < -0.39 is 0 Å². The molecule has 0 aliphatic carbocycles. The highest BCUT2D eigenvalue weighted by molar-refractivity contribution is 8.00. The minimum atomic E-state index is -0.306. The zero-order valence-corrected chi connectivity index (χ0v) is 17.0. The van der Waals surface area contributed by atoms with Gasteiger partial charge in [0.25, 0.3) is 0 Å². The van der Waals surface area contributed by atoms with E-state index in [-0.39, 0.29) is 11.2 Å². The zero-order valence-electron chi connectivity index (χ0n) is 15.4. The highest BCUT2D eigenvalue weighted by Gasteiger charge is 2.21. The molecule has 0 aliphatic heterocycles. The predicted molar refractivity (Wildman–Crippen MR) is 113 cm³/mol. The second-order valence-corrected chi connectivity index (χ2v) is 8.24. The third kappa shape index (κ3) is 4.67. The molecule has 1 atom stereocenters. The Bertz CT molecular complexity index is 901. The molecule has 5 nitrogen and oxygen atoms in total. The molecule has 0 saturated carbocycles. The van der Waals surface area contributed by atoms with Crippen LogP contribution in [0.3, 0.4) is 0 Å². The number of benzene rings is 1. The van der Waals surface area contributed by atoms with Crippen molar-refractivity contribution in [3.05, 3.63) is 60.0 Å². The Labute approximate surface area is 167 Å². The van der Waals surface area contributed by atoms with E-state index in [0.717, 1.165) is 22.8 Å². The fourth-order valence-electron chi connectivity index (χ4n) is 2.54. The Kier molecular flexibility index (Phi) is 6.47. The van der Waals surface area contributed by atoms with Crippen molar-refractivity contribution in [3.63, 3.8) is 0 Å². The first-order valence-corrected chi connectivity index (χ1v) is 10.5. The molecule has 1 unspecified atom stereocenters. The molecular formula is C20H22N4OS2. The molecule has 1 amide bonds. The second kappa shape index (κ2) is 9.01. The number of anilines is 1. The molecule has 2 aromatic heterocycles. The summed E-state index contributed by atoms with van der Waals surface area (Å²) < 4.78 is 1.99. The van der Waals surface area contributed by atoms with Gasteiger partial charge in [0, 0.05) is 12.2 Å². The number of carbonyl (C=O) groups is 1. The van der Waals surface area contributed by atoms with E-state index >= 15 is 0 Å². The summed E-state index contributed by atoms with van der Waals surface area (Å²) in [7, 11) is 0. The van der Waals surface area contributed by atoms with Crippen LogP contribution in [0, 0.1) is 0 Å². The average molecular weight is 399 g/mol. The predicted octanol–water partition coefficient (Wildman–Crippen LogP) is 4.87. The number of rotatable bonds is 8. The molecule has 0 fully saturated rings. The number of aryl methyl sites for hydroxylation is 1. The first kappa shape index (κ1) is 19.4. The number of allylic oxidation sites excluding steroid dienone is 1. The maximum absolute atomic E-state index is 12.6. The van der Waals surface area contributed by atoms with E-state index in [9.17, 15) is 4.79 Å². The van der Waals surface area contributed by atoms with Crippen molar-refractivity contribution < 1.29 is 4.79 Å². The van der Waals surface area contributed by atoms with Gasteiger partial charge < -0.3 is 5.32 Å². The normalized spacial score (nSPS) is 11.9. The van der Waals surface area contributed by atoms with Crippen molar-refractivity contribution in [2.75, 3.05) is 5.32 Å². The van der Waals surface area contributed by atoms with Crippen molar-refractivity contribution in [2.24, 2.45) is 0 Å². The quantitative estimate of drug-likeness (QED) is 0.434. The molecule has 1 N–H and O–H groups in total. The van der Waals surface area contributed by atoms with Crippen LogP contribution in [-0.2, 0) is 17.8 Å². The summed E-state index contributed by atoms with van der Waals surface area (Å²) in [6, 6.07) is 11.9. The van der Waals surface area contributed by atoms with Gasteiger partial charge in [-0.25, -0.2) is 0 Å². The highest BCUT2D eigenvalue weighted by atomic mass is 32.2. The van der Waals surface area contributed by atoms with Crippen molar-refractivity contribution in [3.8, 4) is 10.7 Å². The number of thiophene rings is 1. The number of carbonyl (C=O) groups excluding carboxylic acids is 1. The molecule has 0 radical (unpaired) electrons. The van der Waals surface area contributed by atoms with Gasteiger partial charge in [0.2, 0.25) is 5.91 Å². The molecule has 0 aliphatic rings. The van der Waals surface area contributed by atoms with Crippen molar-refractivity contribution in [1.82, 2.24) is 14.8 Å². The van der Waals surface area contributed by atoms with Gasteiger partial charge in [-0.1, -0.05) is 43.0 Å². The zero-order chi connectivity index (χ0) is 19.2. The summed E-state index contributed by atoms with van der Waals surface area (Å²) in [5.41, 5.74) is 2.05. The summed E-state index contributed by atoms with van der Waals surface area (Å²) in [5, 5.41) is 14.0. The number of hydrogen-bond donors (Lipinski definition) is 1. The standard InChI is InChI=1S/C20H22N4OS2/c1-4-12-24-18(17-7-6-13-26-17)22-23-20(24)27-14(3)19(25)21-16-10-8-15(5-2)9-11-16/h4,6-11,13-14H,1,5,12H2,2-3H3,(H,21,25). The van der Waals surface area contributed by atoms with Gasteiger partial charge in [0.1, 0.15) is 0 Å². The lowest BCUT2D eigenvalue weighted by Gasteiger charge is -2.13. The number of aromatic nitrogens is 3. The van der Waals surface area contributed by atoms with E-state index in [0.29, 0.717) is 11.7 Å². The van der Waals surface area contributed by atoms with E-state index in [1.807, 2.05) is 59.3 Å². The molecule has 7 heteroatoms. The first-order chi connectivity index (χ1) is 13.1. The summed E-state index contributed by atoms with van der Waals surface area (Å²) in [5.74, 6) is 0.741. The monoisotopic (exact) mass is 398 g/mol. The molecule has 0 bridgehead atoms. The summed E-state index contributed by atoms with van der Waals surface area (Å²) in [6.45, 7) is 8.39. The third-order valence-electron chi connectivity index (χ3n) is 4.05. The number of thioether (sulfide) groups is 1. The lowest BCUT2D eigenvalue weighted by atomic mass is 10.1. The molecule has 0 saturated heterocycles. The summed E-state index contributed by atoms with van der Waals surface area (Å²) in [4.78, 5) is 13.6. The van der Waals surface area contributed by atoms with E-state index in [4.69, 9.17) is 0 Å². The largest absolute Gasteiger partial charge is 0.325 e. The number of hydrogen-bond acceptors (Lipinski definition) is 5. The van der Waals surface area contributed by atoms with Crippen LogP contribution in [0.4, 0.5) is 5.69 Å². The van der Waals surface area contributed by atoms with Crippen LogP contribution in [0.25, 0.3) is 10.7 Å². The van der Waals surface area contributed by atoms with E-state index in [1.165, 1.54) is 17.3 Å². The maximum Gasteiger partial charge on any atom is 0.237 e. The van der Waals surface area contributed by atoms with Crippen LogP contribution < -0.4 is 5.32 Å². The lowest BCUT2D eigenvalue weighted by Crippen LogP contribution is -2.23. The molecule has 3 rings (SSSR count). The molecule has 140 valence electrons. The number of amides is 1. The van der Waals surface area contributed by atoms with E-state index in [1.54, 1.807) is 11.3 Å². The van der Waals surface area contributed by atoms with Gasteiger partial charge in [0.05, 0.1) is 10.1 Å². The SMILES string of the molecule is C=CCn1c(SC(C)C(=O)Nc2ccc(CC)cc2)nnc1-c1cccs1. The van der Waals surface area contributed by atoms with Crippen LogP contribution in [0.5, 0.6) is 0 Å². The van der Waals surface area contributed by atoms with Crippen LogP contribution in [0.1, 0.15) is 19.4 Å². The first-order valence-electron chi connectivity index (χ1n) is 8.76. The van der Waals surface area contributed by atoms with Gasteiger partial charge in [-0.05, 0) is 42.5 Å². The Hall–Kier alpha value is -2.38. The van der Waals surface area contributed by atoms with Crippen LogP contribution in [0.15, 0.2) is 59.6 Å². The van der Waals surface area contributed by atoms with Crippen LogP contribution >= 0.6 is 23.1 Å². The Morgan fingerprint density at radius 1 is 1.33 bits per heavy atom. The second-order valence-electron chi connectivity index (χ2n) is 5.98. The van der Waals surface area contributed by atoms with Gasteiger partial charge in [0.15, 0.2) is 11.0 Å². The topological polar surface area (TPSA) is 59.8 Å². The smallest absolute Gasteiger partial charge is 0.237 e. The Morgan fingerprint density at radius 3 is 2.74 bits per heavy atom. The molecule has 3 aromatic rings. The number of nitrogens with one attached hydrogen (secondary N) is 1. The molecular weight excluding hydrogens is 376 g/mol. The minimum absolute atomic E-state index is 0.0601. The van der Waals surface area contributed by atoms with Crippen LogP contribution in [-0.4, -0.2) is 25.9 Å². The van der Waals surface area contributed by atoms with Crippen molar-refractivity contribution in [2.45, 2.75) is 37.2 Å². The Balaban J connectivity index is 1.71. The molecule has 27 heavy (non-hydrogen) atoms. The third-order valence-corrected chi connectivity index (χ3v) is 6.00. The fraction of sp³-hybridized carbons (Fsp3) is 0.250. The number of nitrogens with zero attached hydrogens (tertiary/aromatic N) is 3. The minimum Gasteiger partial charge on any atom is -0.325 e.